The molecule has 0 radical (unpaired) electrons. The summed E-state index contributed by atoms with van der Waals surface area (Å²) in [6.45, 7) is 10.2. The van der Waals surface area contributed by atoms with Crippen LogP contribution in [0.2, 0.25) is 0 Å². The maximum absolute atomic E-state index is 11.8. The van der Waals surface area contributed by atoms with Gasteiger partial charge in [-0.2, -0.15) is 0 Å². The highest BCUT2D eigenvalue weighted by Crippen LogP contribution is 2.02. The van der Waals surface area contributed by atoms with Gasteiger partial charge in [-0.1, -0.05) is 27.7 Å². The summed E-state index contributed by atoms with van der Waals surface area (Å²) < 4.78 is 0. The lowest BCUT2D eigenvalue weighted by Crippen LogP contribution is -2.49. The SMILES string of the molecule is CC(=O)NC(C(=O)NCCC(C)C)C(C)C. The van der Waals surface area contributed by atoms with Gasteiger partial charge in [-0.3, -0.25) is 9.59 Å². The minimum atomic E-state index is -0.426. The second kappa shape index (κ2) is 7.25. The van der Waals surface area contributed by atoms with Crippen molar-refractivity contribution in [1.82, 2.24) is 10.6 Å². The number of hydrogen-bond acceptors (Lipinski definition) is 2. The summed E-state index contributed by atoms with van der Waals surface area (Å²) in [6.07, 6.45) is 0.955. The molecular formula is C12H24N2O2. The molecule has 0 spiro atoms. The molecule has 0 aromatic rings. The van der Waals surface area contributed by atoms with E-state index in [-0.39, 0.29) is 17.7 Å². The molecule has 0 saturated heterocycles. The van der Waals surface area contributed by atoms with Crippen molar-refractivity contribution < 1.29 is 9.59 Å². The zero-order valence-electron chi connectivity index (χ0n) is 11.0. The molecule has 0 fully saturated rings. The first-order valence-corrected chi connectivity index (χ1v) is 5.89. The molecule has 0 aliphatic rings. The molecule has 0 aliphatic carbocycles. The summed E-state index contributed by atoms with van der Waals surface area (Å²) in [7, 11) is 0. The van der Waals surface area contributed by atoms with Gasteiger partial charge in [-0.05, 0) is 18.3 Å². The van der Waals surface area contributed by atoms with E-state index in [2.05, 4.69) is 24.5 Å². The molecule has 0 heterocycles. The lowest BCUT2D eigenvalue weighted by atomic mass is 10.0. The van der Waals surface area contributed by atoms with Crippen molar-refractivity contribution >= 4 is 11.8 Å². The van der Waals surface area contributed by atoms with Gasteiger partial charge in [0.2, 0.25) is 11.8 Å². The largest absolute Gasteiger partial charge is 0.354 e. The summed E-state index contributed by atoms with van der Waals surface area (Å²) in [4.78, 5) is 22.7. The van der Waals surface area contributed by atoms with E-state index in [4.69, 9.17) is 0 Å². The third kappa shape index (κ3) is 6.43. The van der Waals surface area contributed by atoms with Gasteiger partial charge in [-0.25, -0.2) is 0 Å². The first-order valence-electron chi connectivity index (χ1n) is 5.89. The quantitative estimate of drug-likeness (QED) is 0.720. The average Bonchev–Trinajstić information content (AvgIpc) is 2.12. The van der Waals surface area contributed by atoms with Crippen molar-refractivity contribution in [2.24, 2.45) is 11.8 Å². The van der Waals surface area contributed by atoms with Crippen LogP contribution in [0.25, 0.3) is 0 Å². The minimum Gasteiger partial charge on any atom is -0.354 e. The Morgan fingerprint density at radius 2 is 1.69 bits per heavy atom. The van der Waals surface area contributed by atoms with Crippen molar-refractivity contribution in [2.45, 2.75) is 47.1 Å². The maximum Gasteiger partial charge on any atom is 0.242 e. The summed E-state index contributed by atoms with van der Waals surface area (Å²) in [5.41, 5.74) is 0. The number of nitrogens with one attached hydrogen (secondary N) is 2. The van der Waals surface area contributed by atoms with Crippen LogP contribution in [0.15, 0.2) is 0 Å². The van der Waals surface area contributed by atoms with E-state index < -0.39 is 6.04 Å². The fourth-order valence-corrected chi connectivity index (χ4v) is 1.35. The fourth-order valence-electron chi connectivity index (χ4n) is 1.35. The molecule has 0 rings (SSSR count). The molecule has 4 nitrogen and oxygen atoms in total. The maximum atomic E-state index is 11.8. The standard InChI is InChI=1S/C12H24N2O2/c1-8(2)6-7-13-12(16)11(9(3)4)14-10(5)15/h8-9,11H,6-7H2,1-5H3,(H,13,16)(H,14,15). The van der Waals surface area contributed by atoms with E-state index in [9.17, 15) is 9.59 Å². The molecule has 0 aromatic heterocycles. The molecule has 0 saturated carbocycles. The van der Waals surface area contributed by atoms with Crippen LogP contribution in [0.4, 0.5) is 0 Å². The highest BCUT2D eigenvalue weighted by atomic mass is 16.2. The summed E-state index contributed by atoms with van der Waals surface area (Å²) in [6, 6.07) is -0.426. The Hall–Kier alpha value is -1.06. The van der Waals surface area contributed by atoms with Crippen LogP contribution in [0, 0.1) is 11.8 Å². The van der Waals surface area contributed by atoms with Gasteiger partial charge < -0.3 is 10.6 Å². The predicted octanol–water partition coefficient (Wildman–Crippen LogP) is 1.31. The molecular weight excluding hydrogens is 204 g/mol. The molecule has 0 aliphatic heterocycles. The van der Waals surface area contributed by atoms with Gasteiger partial charge in [0, 0.05) is 13.5 Å². The summed E-state index contributed by atoms with van der Waals surface area (Å²) >= 11 is 0. The Balaban J connectivity index is 4.12. The van der Waals surface area contributed by atoms with E-state index in [1.54, 1.807) is 0 Å². The van der Waals surface area contributed by atoms with E-state index in [1.807, 2.05) is 13.8 Å². The number of carbonyl (C=O) groups excluding carboxylic acids is 2. The zero-order chi connectivity index (χ0) is 12.7. The van der Waals surface area contributed by atoms with Gasteiger partial charge >= 0.3 is 0 Å². The molecule has 1 atom stereocenters. The highest BCUT2D eigenvalue weighted by molar-refractivity contribution is 5.86. The molecule has 0 bridgehead atoms. The van der Waals surface area contributed by atoms with Crippen LogP contribution < -0.4 is 10.6 Å². The molecule has 16 heavy (non-hydrogen) atoms. The highest BCUT2D eigenvalue weighted by Gasteiger charge is 2.22. The van der Waals surface area contributed by atoms with E-state index in [0.29, 0.717) is 12.5 Å². The number of hydrogen-bond donors (Lipinski definition) is 2. The fraction of sp³-hybridized carbons (Fsp3) is 0.833. The third-order valence-corrected chi connectivity index (χ3v) is 2.33. The molecule has 94 valence electrons. The lowest BCUT2D eigenvalue weighted by molar-refractivity contribution is -0.129. The Morgan fingerprint density at radius 1 is 1.12 bits per heavy atom. The van der Waals surface area contributed by atoms with Crippen molar-refractivity contribution in [3.63, 3.8) is 0 Å². The van der Waals surface area contributed by atoms with Crippen LogP contribution in [-0.4, -0.2) is 24.4 Å². The van der Waals surface area contributed by atoms with Crippen LogP contribution in [0.5, 0.6) is 0 Å². The van der Waals surface area contributed by atoms with Crippen LogP contribution >= 0.6 is 0 Å². The second-order valence-electron chi connectivity index (χ2n) is 4.90. The van der Waals surface area contributed by atoms with E-state index >= 15 is 0 Å². The van der Waals surface area contributed by atoms with Gasteiger partial charge in [0.05, 0.1) is 0 Å². The molecule has 4 heteroatoms. The van der Waals surface area contributed by atoms with Crippen molar-refractivity contribution in [3.05, 3.63) is 0 Å². The Kier molecular flexibility index (Phi) is 6.77. The minimum absolute atomic E-state index is 0.0918. The van der Waals surface area contributed by atoms with Gasteiger partial charge in [0.15, 0.2) is 0 Å². The van der Waals surface area contributed by atoms with Crippen molar-refractivity contribution in [1.29, 1.82) is 0 Å². The van der Waals surface area contributed by atoms with Crippen LogP contribution in [0.1, 0.15) is 41.0 Å². The number of rotatable bonds is 6. The number of amides is 2. The number of carbonyl (C=O) groups is 2. The normalized spacial score (nSPS) is 12.7. The first kappa shape index (κ1) is 14.9. The van der Waals surface area contributed by atoms with Crippen molar-refractivity contribution in [3.8, 4) is 0 Å². The lowest BCUT2D eigenvalue weighted by Gasteiger charge is -2.21. The van der Waals surface area contributed by atoms with Crippen LogP contribution in [-0.2, 0) is 9.59 Å². The summed E-state index contributed by atoms with van der Waals surface area (Å²) in [5.74, 6) is 0.407. The molecule has 0 aromatic carbocycles. The Morgan fingerprint density at radius 3 is 2.06 bits per heavy atom. The van der Waals surface area contributed by atoms with E-state index in [0.717, 1.165) is 6.42 Å². The molecule has 2 amide bonds. The van der Waals surface area contributed by atoms with E-state index in [1.165, 1.54) is 6.92 Å². The zero-order valence-corrected chi connectivity index (χ0v) is 11.0. The summed E-state index contributed by atoms with van der Waals surface area (Å²) in [5, 5.41) is 5.51. The van der Waals surface area contributed by atoms with Crippen LogP contribution in [0.3, 0.4) is 0 Å². The van der Waals surface area contributed by atoms with Gasteiger partial charge in [-0.15, -0.1) is 0 Å². The Bertz CT molecular complexity index is 237. The van der Waals surface area contributed by atoms with Crippen molar-refractivity contribution in [2.75, 3.05) is 6.54 Å². The molecule has 2 N–H and O–H groups in total. The molecule has 1 unspecified atom stereocenters. The smallest absolute Gasteiger partial charge is 0.242 e. The monoisotopic (exact) mass is 228 g/mol. The van der Waals surface area contributed by atoms with Gasteiger partial charge in [0.25, 0.3) is 0 Å². The predicted molar refractivity (Wildman–Crippen MR) is 64.9 cm³/mol. The average molecular weight is 228 g/mol. The van der Waals surface area contributed by atoms with Gasteiger partial charge in [0.1, 0.15) is 6.04 Å². The third-order valence-electron chi connectivity index (χ3n) is 2.33. The topological polar surface area (TPSA) is 58.2 Å². The second-order valence-corrected chi connectivity index (χ2v) is 4.90. The first-order chi connectivity index (χ1) is 7.34. The Labute approximate surface area is 98.2 Å².